The molecule has 3 nitrogen and oxygen atoms in total. The molecule has 4 heteroatoms. The number of benzene rings is 1. The second-order valence-electron chi connectivity index (χ2n) is 4.76. The molecular formula is C13H19ClN2O. The van der Waals surface area contributed by atoms with Crippen LogP contribution in [0, 0.1) is 0 Å². The van der Waals surface area contributed by atoms with Crippen LogP contribution in [-0.4, -0.2) is 35.2 Å². The minimum atomic E-state index is -0.237. The van der Waals surface area contributed by atoms with Gasteiger partial charge in [0.25, 0.3) is 0 Å². The van der Waals surface area contributed by atoms with E-state index in [4.69, 9.17) is 17.3 Å². The highest BCUT2D eigenvalue weighted by Crippen LogP contribution is 2.31. The van der Waals surface area contributed by atoms with Gasteiger partial charge in [-0.2, -0.15) is 0 Å². The number of hydrogen-bond acceptors (Lipinski definition) is 3. The fourth-order valence-electron chi connectivity index (χ4n) is 2.55. The number of aliphatic hydroxyl groups excluding tert-OH is 1. The maximum Gasteiger partial charge on any atom is 0.0679 e. The molecule has 0 saturated carbocycles. The van der Waals surface area contributed by atoms with E-state index in [2.05, 4.69) is 4.90 Å². The predicted molar refractivity (Wildman–Crippen MR) is 70.0 cm³/mol. The second-order valence-corrected chi connectivity index (χ2v) is 5.17. The molecule has 3 N–H and O–H groups in total. The van der Waals surface area contributed by atoms with E-state index in [0.29, 0.717) is 6.54 Å². The predicted octanol–water partition coefficient (Wildman–Crippen LogP) is 1.79. The van der Waals surface area contributed by atoms with Gasteiger partial charge in [0.05, 0.1) is 12.1 Å². The Labute approximate surface area is 107 Å². The van der Waals surface area contributed by atoms with Gasteiger partial charge in [-0.15, -0.1) is 0 Å². The van der Waals surface area contributed by atoms with Crippen LogP contribution in [0.25, 0.3) is 0 Å². The van der Waals surface area contributed by atoms with Gasteiger partial charge < -0.3 is 10.8 Å². The van der Waals surface area contributed by atoms with Crippen molar-refractivity contribution in [2.75, 3.05) is 13.1 Å². The lowest BCUT2D eigenvalue weighted by molar-refractivity contribution is 0.151. The van der Waals surface area contributed by atoms with Crippen molar-refractivity contribution in [3.05, 3.63) is 34.9 Å². The number of β-amino-alcohol motifs (C(OH)–C–C–N with tert-alkyl or cyclic N) is 1. The van der Waals surface area contributed by atoms with Crippen molar-refractivity contribution in [3.63, 3.8) is 0 Å². The Morgan fingerprint density at radius 1 is 1.47 bits per heavy atom. The summed E-state index contributed by atoms with van der Waals surface area (Å²) in [6.45, 7) is 3.54. The van der Waals surface area contributed by atoms with E-state index in [1.807, 2.05) is 31.2 Å². The number of nitrogens with zero attached hydrogens (tertiary/aromatic N) is 1. The van der Waals surface area contributed by atoms with E-state index >= 15 is 0 Å². The zero-order valence-corrected chi connectivity index (χ0v) is 10.8. The lowest BCUT2D eigenvalue weighted by Gasteiger charge is -2.31. The van der Waals surface area contributed by atoms with Gasteiger partial charge in [-0.25, -0.2) is 0 Å². The van der Waals surface area contributed by atoms with Crippen molar-refractivity contribution in [1.82, 2.24) is 4.90 Å². The van der Waals surface area contributed by atoms with Crippen molar-refractivity contribution >= 4 is 11.6 Å². The SMILES string of the molecule is CC(N)C(c1ccccc1Cl)N1CCC(O)C1. The highest BCUT2D eigenvalue weighted by Gasteiger charge is 2.31. The Morgan fingerprint density at radius 2 is 2.18 bits per heavy atom. The zero-order valence-electron chi connectivity index (χ0n) is 10.0. The molecule has 1 saturated heterocycles. The maximum absolute atomic E-state index is 9.63. The molecule has 0 spiro atoms. The van der Waals surface area contributed by atoms with Crippen LogP contribution in [0.3, 0.4) is 0 Å². The van der Waals surface area contributed by atoms with Crippen molar-refractivity contribution in [2.45, 2.75) is 31.5 Å². The number of hydrogen-bond donors (Lipinski definition) is 2. The fourth-order valence-corrected chi connectivity index (χ4v) is 2.80. The van der Waals surface area contributed by atoms with E-state index < -0.39 is 0 Å². The van der Waals surface area contributed by atoms with Crippen LogP contribution >= 0.6 is 11.6 Å². The largest absolute Gasteiger partial charge is 0.392 e. The first-order valence-electron chi connectivity index (χ1n) is 6.01. The fraction of sp³-hybridized carbons (Fsp3) is 0.538. The molecule has 0 bridgehead atoms. The molecule has 0 amide bonds. The molecule has 2 rings (SSSR count). The summed E-state index contributed by atoms with van der Waals surface area (Å²) in [7, 11) is 0. The third-order valence-electron chi connectivity index (χ3n) is 3.31. The molecule has 17 heavy (non-hydrogen) atoms. The van der Waals surface area contributed by atoms with Crippen LogP contribution in [-0.2, 0) is 0 Å². The maximum atomic E-state index is 9.63. The molecule has 1 fully saturated rings. The monoisotopic (exact) mass is 254 g/mol. The van der Waals surface area contributed by atoms with Crippen LogP contribution in [0.15, 0.2) is 24.3 Å². The van der Waals surface area contributed by atoms with Gasteiger partial charge in [0.15, 0.2) is 0 Å². The molecule has 94 valence electrons. The van der Waals surface area contributed by atoms with Crippen molar-refractivity contribution < 1.29 is 5.11 Å². The van der Waals surface area contributed by atoms with Gasteiger partial charge in [0, 0.05) is 24.2 Å². The minimum absolute atomic E-state index is 0.0137. The average molecular weight is 255 g/mol. The lowest BCUT2D eigenvalue weighted by Crippen LogP contribution is -2.38. The van der Waals surface area contributed by atoms with Crippen LogP contribution in [0.4, 0.5) is 0 Å². The van der Waals surface area contributed by atoms with E-state index in [0.717, 1.165) is 23.6 Å². The van der Waals surface area contributed by atoms with E-state index in [1.165, 1.54) is 0 Å². The first-order valence-corrected chi connectivity index (χ1v) is 6.39. The molecule has 3 atom stereocenters. The van der Waals surface area contributed by atoms with Gasteiger partial charge in [-0.1, -0.05) is 29.8 Å². The highest BCUT2D eigenvalue weighted by atomic mass is 35.5. The summed E-state index contributed by atoms with van der Waals surface area (Å²) >= 11 is 6.23. The molecule has 0 aromatic heterocycles. The third kappa shape index (κ3) is 2.80. The summed E-state index contributed by atoms with van der Waals surface area (Å²) in [6, 6.07) is 7.87. The van der Waals surface area contributed by atoms with Gasteiger partial charge in [-0.05, 0) is 25.0 Å². The molecule has 3 unspecified atom stereocenters. The van der Waals surface area contributed by atoms with Gasteiger partial charge in [0.1, 0.15) is 0 Å². The standard InChI is InChI=1S/C13H19ClN2O/c1-9(15)13(16-7-6-10(17)8-16)11-4-2-3-5-12(11)14/h2-5,9-10,13,17H,6-8,15H2,1H3. The van der Waals surface area contributed by atoms with Crippen LogP contribution < -0.4 is 5.73 Å². The zero-order chi connectivity index (χ0) is 12.4. The Balaban J connectivity index is 2.27. The quantitative estimate of drug-likeness (QED) is 0.865. The van der Waals surface area contributed by atoms with E-state index in [-0.39, 0.29) is 18.2 Å². The Hall–Kier alpha value is -0.610. The Bertz CT molecular complexity index is 383. The number of aliphatic hydroxyl groups is 1. The second kappa shape index (κ2) is 5.36. The minimum Gasteiger partial charge on any atom is -0.392 e. The van der Waals surface area contributed by atoms with Crippen LogP contribution in [0.2, 0.25) is 5.02 Å². The van der Waals surface area contributed by atoms with Crippen LogP contribution in [0.5, 0.6) is 0 Å². The van der Waals surface area contributed by atoms with Gasteiger partial charge in [0.2, 0.25) is 0 Å². The van der Waals surface area contributed by atoms with Crippen molar-refractivity contribution in [2.24, 2.45) is 5.73 Å². The van der Waals surface area contributed by atoms with Crippen molar-refractivity contribution in [3.8, 4) is 0 Å². The van der Waals surface area contributed by atoms with E-state index in [9.17, 15) is 5.11 Å². The molecule has 1 heterocycles. The molecule has 0 aliphatic carbocycles. The van der Waals surface area contributed by atoms with Crippen molar-refractivity contribution in [1.29, 1.82) is 0 Å². The molecule has 1 aliphatic rings. The Morgan fingerprint density at radius 3 is 2.71 bits per heavy atom. The average Bonchev–Trinajstić information content (AvgIpc) is 2.68. The first kappa shape index (κ1) is 12.8. The summed E-state index contributed by atoms with van der Waals surface area (Å²) in [5.74, 6) is 0. The molecule has 0 radical (unpaired) electrons. The first-order chi connectivity index (χ1) is 8.09. The summed E-state index contributed by atoms with van der Waals surface area (Å²) in [5.41, 5.74) is 7.13. The lowest BCUT2D eigenvalue weighted by atomic mass is 9.99. The number of nitrogens with two attached hydrogens (primary N) is 1. The summed E-state index contributed by atoms with van der Waals surface area (Å²) < 4.78 is 0. The smallest absolute Gasteiger partial charge is 0.0679 e. The van der Waals surface area contributed by atoms with Gasteiger partial charge >= 0.3 is 0 Å². The molecule has 1 aromatic carbocycles. The van der Waals surface area contributed by atoms with Crippen LogP contribution in [0.1, 0.15) is 24.9 Å². The Kier molecular flexibility index (Phi) is 4.05. The number of likely N-dealkylation sites (tertiary alicyclic amines) is 1. The van der Waals surface area contributed by atoms with Gasteiger partial charge in [-0.3, -0.25) is 4.90 Å². The number of rotatable bonds is 3. The summed E-state index contributed by atoms with van der Waals surface area (Å²) in [4.78, 5) is 2.22. The third-order valence-corrected chi connectivity index (χ3v) is 3.65. The highest BCUT2D eigenvalue weighted by molar-refractivity contribution is 6.31. The van der Waals surface area contributed by atoms with E-state index in [1.54, 1.807) is 0 Å². The normalized spacial score (nSPS) is 24.8. The topological polar surface area (TPSA) is 49.5 Å². The molecular weight excluding hydrogens is 236 g/mol. The molecule has 1 aliphatic heterocycles. The number of halogens is 1. The molecule has 1 aromatic rings. The summed E-state index contributed by atoms with van der Waals surface area (Å²) in [5, 5.41) is 10.4. The summed E-state index contributed by atoms with van der Waals surface area (Å²) in [6.07, 6.45) is 0.576.